The molecule has 0 saturated carbocycles. The van der Waals surface area contributed by atoms with Gasteiger partial charge in [0.25, 0.3) is 0 Å². The Kier molecular flexibility index (Phi) is 6.11. The summed E-state index contributed by atoms with van der Waals surface area (Å²) in [6.07, 6.45) is 0. The van der Waals surface area contributed by atoms with Gasteiger partial charge >= 0.3 is 0 Å². The molecule has 0 unspecified atom stereocenters. The maximum Gasteiger partial charge on any atom is 0.242 e. The fraction of sp³-hybridized carbons (Fsp3) is 0.278. The predicted octanol–water partition coefficient (Wildman–Crippen LogP) is 2.62. The molecular weight excluding hydrogens is 295 g/mol. The third-order valence-electron chi connectivity index (χ3n) is 3.36. The predicted molar refractivity (Wildman–Crippen MR) is 87.8 cm³/mol. The van der Waals surface area contributed by atoms with Gasteiger partial charge in [-0.3, -0.25) is 9.69 Å². The Hall–Kier alpha value is -2.40. The molecule has 5 heteroatoms. The van der Waals surface area contributed by atoms with Crippen LogP contribution in [0.2, 0.25) is 0 Å². The molecule has 0 spiro atoms. The lowest BCUT2D eigenvalue weighted by Gasteiger charge is -2.23. The molecule has 4 nitrogen and oxygen atoms in total. The van der Waals surface area contributed by atoms with E-state index in [0.29, 0.717) is 18.9 Å². The van der Waals surface area contributed by atoms with Gasteiger partial charge in [0.05, 0.1) is 6.54 Å². The van der Waals surface area contributed by atoms with E-state index in [0.717, 1.165) is 5.56 Å². The van der Waals surface area contributed by atoms with E-state index in [1.165, 1.54) is 12.1 Å². The number of halogens is 1. The number of ether oxygens (including phenoxy) is 1. The number of hydrogen-bond acceptors (Lipinski definition) is 3. The van der Waals surface area contributed by atoms with E-state index in [2.05, 4.69) is 5.32 Å². The van der Waals surface area contributed by atoms with Gasteiger partial charge in [0, 0.05) is 0 Å². The maximum absolute atomic E-state index is 12.8. The lowest BCUT2D eigenvalue weighted by Crippen LogP contribution is -2.38. The highest BCUT2D eigenvalue weighted by Gasteiger charge is 2.22. The second-order valence-electron chi connectivity index (χ2n) is 5.37. The van der Waals surface area contributed by atoms with Gasteiger partial charge in [-0.05, 0) is 43.9 Å². The van der Waals surface area contributed by atoms with E-state index in [1.807, 2.05) is 49.3 Å². The van der Waals surface area contributed by atoms with Gasteiger partial charge in [-0.1, -0.05) is 30.3 Å². The lowest BCUT2D eigenvalue weighted by molar-refractivity contribution is -0.125. The fourth-order valence-electron chi connectivity index (χ4n) is 2.29. The maximum atomic E-state index is 12.8. The van der Waals surface area contributed by atoms with Crippen molar-refractivity contribution in [2.45, 2.75) is 6.04 Å². The normalized spacial score (nSPS) is 12.0. The number of benzene rings is 2. The van der Waals surface area contributed by atoms with E-state index >= 15 is 0 Å². The summed E-state index contributed by atoms with van der Waals surface area (Å²) in [5.41, 5.74) is 0.939. The van der Waals surface area contributed by atoms with Crippen LogP contribution < -0.4 is 10.1 Å². The van der Waals surface area contributed by atoms with E-state index < -0.39 is 0 Å². The molecule has 23 heavy (non-hydrogen) atoms. The average molecular weight is 316 g/mol. The third kappa shape index (κ3) is 5.07. The number of nitrogens with zero attached hydrogens (tertiary/aromatic N) is 1. The molecule has 2 aromatic rings. The van der Waals surface area contributed by atoms with Gasteiger partial charge in [0.2, 0.25) is 5.91 Å². The van der Waals surface area contributed by atoms with Crippen LogP contribution in [0.25, 0.3) is 0 Å². The highest BCUT2D eigenvalue weighted by molar-refractivity contribution is 5.83. The summed E-state index contributed by atoms with van der Waals surface area (Å²) >= 11 is 0. The highest BCUT2D eigenvalue weighted by atomic mass is 19.1. The van der Waals surface area contributed by atoms with Crippen molar-refractivity contribution in [2.24, 2.45) is 0 Å². The summed E-state index contributed by atoms with van der Waals surface area (Å²) in [7, 11) is 3.73. The Morgan fingerprint density at radius 3 is 2.39 bits per heavy atom. The van der Waals surface area contributed by atoms with Crippen molar-refractivity contribution < 1.29 is 13.9 Å². The van der Waals surface area contributed by atoms with Crippen molar-refractivity contribution in [3.63, 3.8) is 0 Å². The average Bonchev–Trinajstić information content (AvgIpc) is 2.54. The summed E-state index contributed by atoms with van der Waals surface area (Å²) < 4.78 is 18.3. The lowest BCUT2D eigenvalue weighted by atomic mass is 10.1. The standard InChI is InChI=1S/C18H21FN2O2/c1-21(2)17(14-6-4-3-5-7-14)18(22)20-12-13-23-16-10-8-15(19)9-11-16/h3-11,17H,12-13H2,1-2H3,(H,20,22)/t17-/m1/s1. The van der Waals surface area contributed by atoms with Crippen molar-refractivity contribution >= 4 is 5.91 Å². The molecule has 1 N–H and O–H groups in total. The van der Waals surface area contributed by atoms with Crippen LogP contribution in [0.15, 0.2) is 54.6 Å². The zero-order chi connectivity index (χ0) is 16.7. The smallest absolute Gasteiger partial charge is 0.242 e. The summed E-state index contributed by atoms with van der Waals surface area (Å²) in [6.45, 7) is 0.708. The number of nitrogens with one attached hydrogen (secondary N) is 1. The molecule has 0 heterocycles. The largest absolute Gasteiger partial charge is 0.492 e. The van der Waals surface area contributed by atoms with Crippen LogP contribution in [-0.4, -0.2) is 38.1 Å². The first-order valence-corrected chi connectivity index (χ1v) is 7.45. The van der Waals surface area contributed by atoms with Gasteiger partial charge in [-0.15, -0.1) is 0 Å². The SMILES string of the molecule is CN(C)[C@@H](C(=O)NCCOc1ccc(F)cc1)c1ccccc1. The Bertz CT molecular complexity index is 615. The Morgan fingerprint density at radius 1 is 1.13 bits per heavy atom. The number of carbonyl (C=O) groups is 1. The Labute approximate surface area is 135 Å². The molecule has 2 aromatic carbocycles. The van der Waals surface area contributed by atoms with Crippen LogP contribution in [-0.2, 0) is 4.79 Å². The van der Waals surface area contributed by atoms with Crippen LogP contribution in [0.5, 0.6) is 5.75 Å². The molecule has 1 amide bonds. The van der Waals surface area contributed by atoms with Crippen molar-refractivity contribution in [3.8, 4) is 5.75 Å². The van der Waals surface area contributed by atoms with Crippen LogP contribution >= 0.6 is 0 Å². The highest BCUT2D eigenvalue weighted by Crippen LogP contribution is 2.17. The minimum atomic E-state index is -0.345. The van der Waals surface area contributed by atoms with Crippen molar-refractivity contribution in [1.82, 2.24) is 10.2 Å². The summed E-state index contributed by atoms with van der Waals surface area (Å²) in [4.78, 5) is 14.2. The van der Waals surface area contributed by atoms with Crippen molar-refractivity contribution in [1.29, 1.82) is 0 Å². The van der Waals surface area contributed by atoms with Crippen LogP contribution in [0.4, 0.5) is 4.39 Å². The number of carbonyl (C=O) groups excluding carboxylic acids is 1. The summed E-state index contributed by atoms with van der Waals surface area (Å²) in [5.74, 6) is 0.194. The van der Waals surface area contributed by atoms with E-state index in [9.17, 15) is 9.18 Å². The molecule has 0 bridgehead atoms. The second kappa shape index (κ2) is 8.29. The van der Waals surface area contributed by atoms with Gasteiger partial charge in [0.1, 0.15) is 24.2 Å². The molecule has 0 saturated heterocycles. The fourth-order valence-corrected chi connectivity index (χ4v) is 2.29. The van der Waals surface area contributed by atoms with Gasteiger partial charge in [-0.25, -0.2) is 4.39 Å². The van der Waals surface area contributed by atoms with Gasteiger partial charge in [0.15, 0.2) is 0 Å². The van der Waals surface area contributed by atoms with Crippen molar-refractivity contribution in [2.75, 3.05) is 27.2 Å². The zero-order valence-corrected chi connectivity index (χ0v) is 13.3. The number of likely N-dealkylation sites (N-methyl/N-ethyl adjacent to an activating group) is 1. The Morgan fingerprint density at radius 2 is 1.78 bits per heavy atom. The number of hydrogen-bond donors (Lipinski definition) is 1. The molecule has 0 aliphatic heterocycles. The molecule has 0 radical (unpaired) electrons. The first-order valence-electron chi connectivity index (χ1n) is 7.45. The minimum absolute atomic E-state index is 0.0797. The summed E-state index contributed by atoms with van der Waals surface area (Å²) in [6, 6.07) is 15.1. The first-order chi connectivity index (χ1) is 11.1. The molecule has 2 rings (SSSR count). The molecule has 1 atom stereocenters. The minimum Gasteiger partial charge on any atom is -0.492 e. The summed E-state index contributed by atoms with van der Waals surface area (Å²) in [5, 5.41) is 2.86. The monoisotopic (exact) mass is 316 g/mol. The van der Waals surface area contributed by atoms with E-state index in [4.69, 9.17) is 4.74 Å². The third-order valence-corrected chi connectivity index (χ3v) is 3.36. The van der Waals surface area contributed by atoms with Crippen LogP contribution in [0.3, 0.4) is 0 Å². The number of rotatable bonds is 7. The topological polar surface area (TPSA) is 41.6 Å². The molecule has 122 valence electrons. The van der Waals surface area contributed by atoms with Gasteiger partial charge in [-0.2, -0.15) is 0 Å². The molecular formula is C18H21FN2O2. The van der Waals surface area contributed by atoms with Crippen molar-refractivity contribution in [3.05, 3.63) is 66.0 Å². The quantitative estimate of drug-likeness (QED) is 0.799. The zero-order valence-electron chi connectivity index (χ0n) is 13.3. The molecule has 0 fully saturated rings. The second-order valence-corrected chi connectivity index (χ2v) is 5.37. The van der Waals surface area contributed by atoms with Crippen LogP contribution in [0.1, 0.15) is 11.6 Å². The van der Waals surface area contributed by atoms with Crippen LogP contribution in [0, 0.1) is 5.82 Å². The van der Waals surface area contributed by atoms with Gasteiger partial charge < -0.3 is 10.1 Å². The molecule has 0 aromatic heterocycles. The molecule has 0 aliphatic carbocycles. The number of amides is 1. The Balaban J connectivity index is 1.84. The van der Waals surface area contributed by atoms with E-state index in [1.54, 1.807) is 12.1 Å². The molecule has 0 aliphatic rings. The first kappa shape index (κ1) is 17.0. The van der Waals surface area contributed by atoms with E-state index in [-0.39, 0.29) is 17.8 Å².